The minimum atomic E-state index is -0.403. The molecule has 2 aromatic rings. The quantitative estimate of drug-likeness (QED) is 0.658. The number of nitrogens with zero attached hydrogens (tertiary/aromatic N) is 1. The number of benzene rings is 2. The Balaban J connectivity index is 1.85. The molecular weight excluding hydrogens is 304 g/mol. The first-order valence-corrected chi connectivity index (χ1v) is 6.92. The largest absolute Gasteiger partial charge is 0.507 e. The van der Waals surface area contributed by atoms with Crippen LogP contribution in [0.2, 0.25) is 5.02 Å². The minimum Gasteiger partial charge on any atom is -0.507 e. The molecule has 2 rings (SSSR count). The standard InChI is InChI=1S/C16H15ClN2O3/c1-11-3-2-4-14(7-11)22-10-16(21)19-18-9-12-8-13(17)5-6-15(12)20/h2-9,20H,10H2,1H3,(H,19,21)/b18-9+. The van der Waals surface area contributed by atoms with E-state index in [1.54, 1.807) is 12.1 Å². The molecule has 0 saturated heterocycles. The molecule has 0 atom stereocenters. The van der Waals surface area contributed by atoms with Gasteiger partial charge in [0.25, 0.3) is 5.91 Å². The number of amides is 1. The van der Waals surface area contributed by atoms with Gasteiger partial charge in [-0.25, -0.2) is 5.43 Å². The van der Waals surface area contributed by atoms with E-state index < -0.39 is 5.91 Å². The van der Waals surface area contributed by atoms with E-state index in [1.807, 2.05) is 25.1 Å². The summed E-state index contributed by atoms with van der Waals surface area (Å²) in [6.07, 6.45) is 1.31. The highest BCUT2D eigenvalue weighted by Gasteiger charge is 2.02. The Morgan fingerprint density at radius 2 is 2.18 bits per heavy atom. The lowest BCUT2D eigenvalue weighted by molar-refractivity contribution is -0.123. The fourth-order valence-corrected chi connectivity index (χ4v) is 1.87. The van der Waals surface area contributed by atoms with Crippen LogP contribution in [-0.2, 0) is 4.79 Å². The normalized spacial score (nSPS) is 10.6. The van der Waals surface area contributed by atoms with Crippen molar-refractivity contribution in [3.63, 3.8) is 0 Å². The Morgan fingerprint density at radius 1 is 1.36 bits per heavy atom. The zero-order valence-corrected chi connectivity index (χ0v) is 12.7. The molecule has 0 aliphatic carbocycles. The summed E-state index contributed by atoms with van der Waals surface area (Å²) in [6.45, 7) is 1.79. The Kier molecular flexibility index (Phi) is 5.38. The summed E-state index contributed by atoms with van der Waals surface area (Å²) in [7, 11) is 0. The number of aromatic hydroxyl groups is 1. The smallest absolute Gasteiger partial charge is 0.277 e. The molecule has 0 saturated carbocycles. The van der Waals surface area contributed by atoms with Crippen molar-refractivity contribution >= 4 is 23.7 Å². The average Bonchev–Trinajstić information content (AvgIpc) is 2.49. The highest BCUT2D eigenvalue weighted by Crippen LogP contribution is 2.19. The molecule has 6 heteroatoms. The van der Waals surface area contributed by atoms with E-state index in [1.165, 1.54) is 18.3 Å². The maximum Gasteiger partial charge on any atom is 0.277 e. The zero-order chi connectivity index (χ0) is 15.9. The number of hydrogen-bond acceptors (Lipinski definition) is 4. The molecule has 22 heavy (non-hydrogen) atoms. The second kappa shape index (κ2) is 7.47. The Morgan fingerprint density at radius 3 is 2.95 bits per heavy atom. The van der Waals surface area contributed by atoms with Crippen LogP contribution >= 0.6 is 11.6 Å². The number of carbonyl (C=O) groups is 1. The maximum atomic E-state index is 11.6. The first kappa shape index (κ1) is 15.9. The predicted molar refractivity (Wildman–Crippen MR) is 85.5 cm³/mol. The van der Waals surface area contributed by atoms with Crippen LogP contribution in [0, 0.1) is 6.92 Å². The monoisotopic (exact) mass is 318 g/mol. The van der Waals surface area contributed by atoms with Crippen LogP contribution in [0.1, 0.15) is 11.1 Å². The van der Waals surface area contributed by atoms with Gasteiger partial charge in [0.2, 0.25) is 0 Å². The molecule has 2 N–H and O–H groups in total. The summed E-state index contributed by atoms with van der Waals surface area (Å²) in [5.41, 5.74) is 3.77. The van der Waals surface area contributed by atoms with Crippen molar-refractivity contribution in [2.45, 2.75) is 6.92 Å². The van der Waals surface area contributed by atoms with E-state index in [4.69, 9.17) is 16.3 Å². The molecule has 0 spiro atoms. The number of hydrogen-bond donors (Lipinski definition) is 2. The molecule has 0 aliphatic rings. The molecule has 0 aromatic heterocycles. The van der Waals surface area contributed by atoms with E-state index in [-0.39, 0.29) is 12.4 Å². The van der Waals surface area contributed by atoms with Crippen LogP contribution in [0.15, 0.2) is 47.6 Å². The van der Waals surface area contributed by atoms with Crippen molar-refractivity contribution in [3.8, 4) is 11.5 Å². The van der Waals surface area contributed by atoms with Gasteiger partial charge >= 0.3 is 0 Å². The number of carbonyl (C=O) groups excluding carboxylic acids is 1. The first-order valence-electron chi connectivity index (χ1n) is 6.54. The second-order valence-corrected chi connectivity index (χ2v) is 5.04. The van der Waals surface area contributed by atoms with Crippen LogP contribution in [0.25, 0.3) is 0 Å². The molecule has 5 nitrogen and oxygen atoms in total. The van der Waals surface area contributed by atoms with Crippen molar-refractivity contribution in [1.82, 2.24) is 5.43 Å². The minimum absolute atomic E-state index is 0.0263. The summed E-state index contributed by atoms with van der Waals surface area (Å²) in [4.78, 5) is 11.6. The molecule has 0 bridgehead atoms. The molecule has 1 amide bonds. The summed E-state index contributed by atoms with van der Waals surface area (Å²) in [5, 5.41) is 13.8. The Labute approximate surface area is 133 Å². The lowest BCUT2D eigenvalue weighted by atomic mass is 10.2. The molecular formula is C16H15ClN2O3. The van der Waals surface area contributed by atoms with E-state index in [0.29, 0.717) is 16.3 Å². The van der Waals surface area contributed by atoms with Gasteiger partial charge in [-0.15, -0.1) is 0 Å². The molecule has 0 heterocycles. The third kappa shape index (κ3) is 4.79. The first-order chi connectivity index (χ1) is 10.5. The fourth-order valence-electron chi connectivity index (χ4n) is 1.69. The number of hydrazone groups is 1. The van der Waals surface area contributed by atoms with Gasteiger partial charge in [0.1, 0.15) is 11.5 Å². The summed E-state index contributed by atoms with van der Waals surface area (Å²) in [6, 6.07) is 11.9. The van der Waals surface area contributed by atoms with Gasteiger partial charge in [-0.3, -0.25) is 4.79 Å². The lowest BCUT2D eigenvalue weighted by Crippen LogP contribution is -2.24. The van der Waals surface area contributed by atoms with Crippen molar-refractivity contribution in [3.05, 3.63) is 58.6 Å². The zero-order valence-electron chi connectivity index (χ0n) is 11.9. The number of rotatable bonds is 5. The van der Waals surface area contributed by atoms with Crippen LogP contribution in [0.3, 0.4) is 0 Å². The second-order valence-electron chi connectivity index (χ2n) is 4.60. The third-order valence-corrected chi connectivity index (χ3v) is 2.98. The molecule has 0 aliphatic heterocycles. The van der Waals surface area contributed by atoms with Gasteiger partial charge in [-0.05, 0) is 42.8 Å². The van der Waals surface area contributed by atoms with Crippen molar-refractivity contribution in [1.29, 1.82) is 0 Å². The van der Waals surface area contributed by atoms with Gasteiger partial charge in [-0.2, -0.15) is 5.10 Å². The van der Waals surface area contributed by atoms with Gasteiger partial charge < -0.3 is 9.84 Å². The third-order valence-electron chi connectivity index (χ3n) is 2.74. The van der Waals surface area contributed by atoms with Crippen LogP contribution < -0.4 is 10.2 Å². The highest BCUT2D eigenvalue weighted by atomic mass is 35.5. The molecule has 0 fully saturated rings. The number of ether oxygens (including phenoxy) is 1. The van der Waals surface area contributed by atoms with Crippen LogP contribution in [0.5, 0.6) is 11.5 Å². The average molecular weight is 319 g/mol. The molecule has 2 aromatic carbocycles. The number of phenols is 1. The molecule has 114 valence electrons. The topological polar surface area (TPSA) is 70.9 Å². The van der Waals surface area contributed by atoms with Gasteiger partial charge in [0.05, 0.1) is 6.21 Å². The van der Waals surface area contributed by atoms with Crippen LogP contribution in [-0.4, -0.2) is 23.8 Å². The van der Waals surface area contributed by atoms with E-state index in [2.05, 4.69) is 10.5 Å². The molecule has 0 radical (unpaired) electrons. The van der Waals surface area contributed by atoms with E-state index in [9.17, 15) is 9.90 Å². The summed E-state index contributed by atoms with van der Waals surface area (Å²) >= 11 is 5.81. The number of phenolic OH excluding ortho intramolecular Hbond substituents is 1. The van der Waals surface area contributed by atoms with Crippen LogP contribution in [0.4, 0.5) is 0 Å². The van der Waals surface area contributed by atoms with Crippen molar-refractivity contribution in [2.24, 2.45) is 5.10 Å². The highest BCUT2D eigenvalue weighted by molar-refractivity contribution is 6.30. The summed E-state index contributed by atoms with van der Waals surface area (Å²) < 4.78 is 5.34. The number of nitrogens with one attached hydrogen (secondary N) is 1. The van der Waals surface area contributed by atoms with E-state index in [0.717, 1.165) is 5.56 Å². The number of aryl methyl sites for hydroxylation is 1. The fraction of sp³-hybridized carbons (Fsp3) is 0.125. The summed E-state index contributed by atoms with van der Waals surface area (Å²) in [5.74, 6) is 0.240. The maximum absolute atomic E-state index is 11.6. The SMILES string of the molecule is Cc1cccc(OCC(=O)N/N=C/c2cc(Cl)ccc2O)c1. The Hall–Kier alpha value is -2.53. The van der Waals surface area contributed by atoms with E-state index >= 15 is 0 Å². The number of halogens is 1. The van der Waals surface area contributed by atoms with Gasteiger partial charge in [0, 0.05) is 10.6 Å². The lowest BCUT2D eigenvalue weighted by Gasteiger charge is -2.05. The predicted octanol–water partition coefficient (Wildman–Crippen LogP) is 2.88. The molecule has 0 unspecified atom stereocenters. The van der Waals surface area contributed by atoms with Gasteiger partial charge in [-0.1, -0.05) is 23.7 Å². The van der Waals surface area contributed by atoms with Gasteiger partial charge in [0.15, 0.2) is 6.61 Å². The van der Waals surface area contributed by atoms with Crippen molar-refractivity contribution < 1.29 is 14.6 Å². The Bertz CT molecular complexity index is 702. The van der Waals surface area contributed by atoms with Crippen molar-refractivity contribution in [2.75, 3.05) is 6.61 Å².